The van der Waals surface area contributed by atoms with Gasteiger partial charge < -0.3 is 15.5 Å². The van der Waals surface area contributed by atoms with Crippen LogP contribution in [0.4, 0.5) is 0 Å². The number of nitrogens with zero attached hydrogens (tertiary/aromatic N) is 1. The van der Waals surface area contributed by atoms with Crippen LogP contribution >= 0.6 is 0 Å². The molecule has 1 heterocycles. The number of hydrogen-bond donors (Lipinski definition) is 3. The molecule has 4 heteroatoms. The van der Waals surface area contributed by atoms with Gasteiger partial charge in [-0.3, -0.25) is 4.98 Å². The molecule has 4 nitrogen and oxygen atoms in total. The van der Waals surface area contributed by atoms with Gasteiger partial charge >= 0.3 is 0 Å². The zero-order valence-electron chi connectivity index (χ0n) is 11.6. The molecule has 106 valence electrons. The van der Waals surface area contributed by atoms with Gasteiger partial charge in [0, 0.05) is 12.2 Å². The average Bonchev–Trinajstić information content (AvgIpc) is 2.47. The van der Waals surface area contributed by atoms with E-state index in [4.69, 9.17) is 5.11 Å². The first-order valence-electron chi connectivity index (χ1n) is 6.74. The Hall–Kier alpha value is -1.91. The normalized spacial score (nSPS) is 10.7. The second kappa shape index (κ2) is 7.03. The summed E-state index contributed by atoms with van der Waals surface area (Å²) >= 11 is 0. The first-order chi connectivity index (χ1) is 9.69. The number of benzene rings is 1. The molecule has 0 bridgehead atoms. The Morgan fingerprint density at radius 3 is 2.45 bits per heavy atom. The third-order valence-corrected chi connectivity index (χ3v) is 3.18. The van der Waals surface area contributed by atoms with Crippen molar-refractivity contribution in [3.8, 4) is 5.75 Å². The highest BCUT2D eigenvalue weighted by atomic mass is 16.3. The highest BCUT2D eigenvalue weighted by Crippen LogP contribution is 2.14. The van der Waals surface area contributed by atoms with Crippen LogP contribution in [0.15, 0.2) is 36.4 Å². The zero-order valence-corrected chi connectivity index (χ0v) is 11.6. The highest BCUT2D eigenvalue weighted by molar-refractivity contribution is 5.27. The number of nitrogens with one attached hydrogen (secondary N) is 1. The second-order valence-electron chi connectivity index (χ2n) is 4.82. The molecule has 0 aliphatic rings. The largest absolute Gasteiger partial charge is 0.506 e. The highest BCUT2D eigenvalue weighted by Gasteiger charge is 2.02. The maximum atomic E-state index is 9.68. The SMILES string of the molecule is Cc1ccc(O)c(CNCCc2ccc(CO)cc2)n1. The van der Waals surface area contributed by atoms with Gasteiger partial charge in [0.1, 0.15) is 5.75 Å². The molecule has 20 heavy (non-hydrogen) atoms. The van der Waals surface area contributed by atoms with Crippen molar-refractivity contribution < 1.29 is 10.2 Å². The number of aryl methyl sites for hydroxylation is 1. The Balaban J connectivity index is 1.79. The van der Waals surface area contributed by atoms with Crippen LogP contribution in [-0.4, -0.2) is 21.7 Å². The number of hydrogen-bond acceptors (Lipinski definition) is 4. The summed E-state index contributed by atoms with van der Waals surface area (Å²) < 4.78 is 0. The average molecular weight is 272 g/mol. The van der Waals surface area contributed by atoms with Gasteiger partial charge in [0.05, 0.1) is 12.3 Å². The topological polar surface area (TPSA) is 65.4 Å². The molecule has 0 saturated carbocycles. The molecule has 0 unspecified atom stereocenters. The van der Waals surface area contributed by atoms with E-state index in [1.54, 1.807) is 12.1 Å². The van der Waals surface area contributed by atoms with E-state index in [1.165, 1.54) is 5.56 Å². The fraction of sp³-hybridized carbons (Fsp3) is 0.312. The summed E-state index contributed by atoms with van der Waals surface area (Å²) in [6.45, 7) is 3.36. The summed E-state index contributed by atoms with van der Waals surface area (Å²) in [6.07, 6.45) is 0.901. The molecule has 2 aromatic rings. The minimum Gasteiger partial charge on any atom is -0.506 e. The Morgan fingerprint density at radius 2 is 1.75 bits per heavy atom. The zero-order chi connectivity index (χ0) is 14.4. The number of aromatic nitrogens is 1. The third kappa shape index (κ3) is 4.05. The molecular weight excluding hydrogens is 252 g/mol. The van der Waals surface area contributed by atoms with Crippen LogP contribution in [0.3, 0.4) is 0 Å². The Morgan fingerprint density at radius 1 is 1.05 bits per heavy atom. The number of pyridine rings is 1. The van der Waals surface area contributed by atoms with Crippen molar-refractivity contribution in [1.82, 2.24) is 10.3 Å². The van der Waals surface area contributed by atoms with E-state index in [0.29, 0.717) is 12.2 Å². The lowest BCUT2D eigenvalue weighted by Crippen LogP contribution is -2.17. The molecule has 3 N–H and O–H groups in total. The second-order valence-corrected chi connectivity index (χ2v) is 4.82. The van der Waals surface area contributed by atoms with E-state index in [0.717, 1.165) is 24.2 Å². The monoisotopic (exact) mass is 272 g/mol. The smallest absolute Gasteiger partial charge is 0.138 e. The first-order valence-corrected chi connectivity index (χ1v) is 6.74. The summed E-state index contributed by atoms with van der Waals surface area (Å²) in [5, 5.41) is 21.9. The molecule has 2 rings (SSSR count). The van der Waals surface area contributed by atoms with Crippen LogP contribution in [0.5, 0.6) is 5.75 Å². The maximum absolute atomic E-state index is 9.68. The van der Waals surface area contributed by atoms with Crippen molar-refractivity contribution in [1.29, 1.82) is 0 Å². The van der Waals surface area contributed by atoms with Crippen LogP contribution in [-0.2, 0) is 19.6 Å². The van der Waals surface area contributed by atoms with Crippen LogP contribution in [0, 0.1) is 6.92 Å². The quantitative estimate of drug-likeness (QED) is 0.703. The molecule has 1 aromatic heterocycles. The van der Waals surface area contributed by atoms with Gasteiger partial charge in [-0.25, -0.2) is 0 Å². The summed E-state index contributed by atoms with van der Waals surface area (Å²) in [6, 6.07) is 11.4. The number of aliphatic hydroxyl groups is 1. The van der Waals surface area contributed by atoms with Crippen molar-refractivity contribution in [2.75, 3.05) is 6.54 Å². The Kier molecular flexibility index (Phi) is 5.09. The third-order valence-electron chi connectivity index (χ3n) is 3.18. The molecule has 0 atom stereocenters. The number of aromatic hydroxyl groups is 1. The van der Waals surface area contributed by atoms with E-state index in [-0.39, 0.29) is 12.4 Å². The van der Waals surface area contributed by atoms with Crippen molar-refractivity contribution in [2.24, 2.45) is 0 Å². The van der Waals surface area contributed by atoms with Gasteiger partial charge in [0.15, 0.2) is 0 Å². The van der Waals surface area contributed by atoms with Gasteiger partial charge in [-0.05, 0) is 43.1 Å². The van der Waals surface area contributed by atoms with Gasteiger partial charge in [-0.15, -0.1) is 0 Å². The Labute approximate surface area is 119 Å². The van der Waals surface area contributed by atoms with Crippen molar-refractivity contribution in [3.63, 3.8) is 0 Å². The van der Waals surface area contributed by atoms with Gasteiger partial charge in [-0.1, -0.05) is 24.3 Å². The van der Waals surface area contributed by atoms with Crippen LogP contribution < -0.4 is 5.32 Å². The Bertz CT molecular complexity index is 553. The number of rotatable bonds is 6. The summed E-state index contributed by atoms with van der Waals surface area (Å²) in [5.74, 6) is 0.232. The predicted octanol–water partition coefficient (Wildman–Crippen LogP) is 1.92. The lowest BCUT2D eigenvalue weighted by atomic mass is 10.1. The minimum atomic E-state index is 0.0802. The van der Waals surface area contributed by atoms with E-state index in [2.05, 4.69) is 10.3 Å². The van der Waals surface area contributed by atoms with Crippen LogP contribution in [0.1, 0.15) is 22.5 Å². The summed E-state index contributed by atoms with van der Waals surface area (Å²) in [4.78, 5) is 4.30. The van der Waals surface area contributed by atoms with Gasteiger partial charge in [-0.2, -0.15) is 0 Å². The standard InChI is InChI=1S/C16H20N2O2/c1-12-2-7-16(20)15(18-12)10-17-9-8-13-3-5-14(11-19)6-4-13/h2-7,17,19-20H,8-11H2,1H3. The van der Waals surface area contributed by atoms with Crippen molar-refractivity contribution >= 4 is 0 Å². The van der Waals surface area contributed by atoms with E-state index < -0.39 is 0 Å². The molecule has 1 aromatic carbocycles. The van der Waals surface area contributed by atoms with Crippen molar-refractivity contribution in [3.05, 3.63) is 58.9 Å². The van der Waals surface area contributed by atoms with Crippen LogP contribution in [0.25, 0.3) is 0 Å². The van der Waals surface area contributed by atoms with Crippen molar-refractivity contribution in [2.45, 2.75) is 26.5 Å². The molecule has 0 aliphatic heterocycles. The molecular formula is C16H20N2O2. The van der Waals surface area contributed by atoms with E-state index in [9.17, 15) is 5.11 Å². The minimum absolute atomic E-state index is 0.0802. The van der Waals surface area contributed by atoms with E-state index in [1.807, 2.05) is 31.2 Å². The first kappa shape index (κ1) is 14.5. The molecule has 0 fully saturated rings. The summed E-state index contributed by atoms with van der Waals surface area (Å²) in [5.41, 5.74) is 3.73. The van der Waals surface area contributed by atoms with Crippen LogP contribution in [0.2, 0.25) is 0 Å². The molecule has 0 amide bonds. The molecule has 0 saturated heterocycles. The molecule has 0 spiro atoms. The van der Waals surface area contributed by atoms with Gasteiger partial charge in [0.2, 0.25) is 0 Å². The van der Waals surface area contributed by atoms with E-state index >= 15 is 0 Å². The predicted molar refractivity (Wildman–Crippen MR) is 78.4 cm³/mol. The maximum Gasteiger partial charge on any atom is 0.138 e. The lowest BCUT2D eigenvalue weighted by Gasteiger charge is -2.07. The fourth-order valence-corrected chi connectivity index (χ4v) is 1.98. The van der Waals surface area contributed by atoms with Gasteiger partial charge in [0.25, 0.3) is 0 Å². The number of aliphatic hydroxyl groups excluding tert-OH is 1. The molecule has 0 radical (unpaired) electrons. The molecule has 0 aliphatic carbocycles. The lowest BCUT2D eigenvalue weighted by molar-refractivity contribution is 0.282. The fourth-order valence-electron chi connectivity index (χ4n) is 1.98. The summed E-state index contributed by atoms with van der Waals surface area (Å²) in [7, 11) is 0.